The van der Waals surface area contributed by atoms with Crippen molar-refractivity contribution in [2.45, 2.75) is 56.4 Å². The minimum atomic E-state index is 0.310. The van der Waals surface area contributed by atoms with Gasteiger partial charge in [0.25, 0.3) is 0 Å². The van der Waals surface area contributed by atoms with Gasteiger partial charge >= 0.3 is 0 Å². The molecule has 86 valence electrons. The third-order valence-corrected chi connectivity index (χ3v) is 4.57. The van der Waals surface area contributed by atoms with E-state index in [1.165, 1.54) is 25.7 Å². The second-order valence-corrected chi connectivity index (χ2v) is 6.18. The molecular weight excluding hydrogens is 206 g/mol. The van der Waals surface area contributed by atoms with Gasteiger partial charge in [-0.3, -0.25) is 4.99 Å². The lowest BCUT2D eigenvalue weighted by atomic mass is 9.80. The van der Waals surface area contributed by atoms with E-state index in [-0.39, 0.29) is 0 Å². The van der Waals surface area contributed by atoms with Crippen molar-refractivity contribution in [3.05, 3.63) is 0 Å². The zero-order valence-electron chi connectivity index (χ0n) is 9.62. The molecule has 3 nitrogen and oxygen atoms in total. The molecule has 1 fully saturated rings. The number of hydrogen-bond acceptors (Lipinski definition) is 4. The van der Waals surface area contributed by atoms with Gasteiger partial charge in [-0.15, -0.1) is 0 Å². The molecule has 0 spiro atoms. The van der Waals surface area contributed by atoms with Crippen molar-refractivity contribution in [2.75, 3.05) is 6.54 Å². The Hall–Kier alpha value is -0.220. The lowest BCUT2D eigenvalue weighted by Crippen LogP contribution is -2.49. The zero-order chi connectivity index (χ0) is 10.9. The predicted octanol–water partition coefficient (Wildman–Crippen LogP) is 1.73. The number of nitrogens with two attached hydrogens (primary N) is 1. The standard InChI is InChI=1S/C11H21N3S/c1-3-6-13-11(2)5-4-8-9(7-11)15-10(12)14-8/h8-9,13H,3-7H2,1-2H3,(H2,12,14)/t8?,9?,11-/m1/s1. The molecule has 2 unspecified atom stereocenters. The van der Waals surface area contributed by atoms with Gasteiger partial charge in [0.2, 0.25) is 0 Å². The SMILES string of the molecule is CCCN[C@]1(C)CCC2N=C(N)SC2C1. The summed E-state index contributed by atoms with van der Waals surface area (Å²) in [4.78, 5) is 4.49. The molecule has 0 saturated heterocycles. The molecule has 2 aliphatic rings. The highest BCUT2D eigenvalue weighted by Crippen LogP contribution is 2.40. The molecule has 0 bridgehead atoms. The van der Waals surface area contributed by atoms with E-state index in [1.54, 1.807) is 11.8 Å². The normalized spacial score (nSPS) is 40.0. The van der Waals surface area contributed by atoms with Crippen LogP contribution in [-0.2, 0) is 0 Å². The van der Waals surface area contributed by atoms with Crippen LogP contribution in [-0.4, -0.2) is 28.5 Å². The molecule has 0 aromatic rings. The average molecular weight is 227 g/mol. The first-order chi connectivity index (χ1) is 7.13. The van der Waals surface area contributed by atoms with Gasteiger partial charge < -0.3 is 11.1 Å². The van der Waals surface area contributed by atoms with Crippen LogP contribution in [0.1, 0.15) is 39.5 Å². The van der Waals surface area contributed by atoms with Crippen LogP contribution in [0.5, 0.6) is 0 Å². The Bertz CT molecular complexity index is 267. The van der Waals surface area contributed by atoms with Crippen molar-refractivity contribution >= 4 is 16.9 Å². The number of amidine groups is 1. The quantitative estimate of drug-likeness (QED) is 0.772. The van der Waals surface area contributed by atoms with E-state index in [9.17, 15) is 0 Å². The lowest BCUT2D eigenvalue weighted by molar-refractivity contribution is 0.247. The second kappa shape index (κ2) is 4.34. The van der Waals surface area contributed by atoms with Crippen LogP contribution >= 0.6 is 11.8 Å². The predicted molar refractivity (Wildman–Crippen MR) is 67.3 cm³/mol. The highest BCUT2D eigenvalue weighted by molar-refractivity contribution is 8.14. The van der Waals surface area contributed by atoms with E-state index in [2.05, 4.69) is 24.2 Å². The molecule has 1 saturated carbocycles. The number of thioether (sulfide) groups is 1. The highest BCUT2D eigenvalue weighted by atomic mass is 32.2. The van der Waals surface area contributed by atoms with Gasteiger partial charge in [-0.1, -0.05) is 18.7 Å². The van der Waals surface area contributed by atoms with Crippen LogP contribution < -0.4 is 11.1 Å². The molecule has 0 aromatic heterocycles. The molecule has 2 rings (SSSR count). The fourth-order valence-corrected chi connectivity index (χ4v) is 3.85. The van der Waals surface area contributed by atoms with Gasteiger partial charge in [0, 0.05) is 10.8 Å². The average Bonchev–Trinajstić information content (AvgIpc) is 2.54. The Balaban J connectivity index is 1.93. The Morgan fingerprint density at radius 3 is 3.20 bits per heavy atom. The third kappa shape index (κ3) is 2.48. The van der Waals surface area contributed by atoms with E-state index in [0.717, 1.165) is 11.7 Å². The zero-order valence-corrected chi connectivity index (χ0v) is 10.4. The number of rotatable bonds is 3. The van der Waals surface area contributed by atoms with E-state index >= 15 is 0 Å². The van der Waals surface area contributed by atoms with Crippen LogP contribution in [0.15, 0.2) is 4.99 Å². The summed E-state index contributed by atoms with van der Waals surface area (Å²) >= 11 is 1.77. The minimum Gasteiger partial charge on any atom is -0.379 e. The van der Waals surface area contributed by atoms with Crippen LogP contribution in [0.2, 0.25) is 0 Å². The molecule has 3 atom stereocenters. The largest absolute Gasteiger partial charge is 0.379 e. The first-order valence-electron chi connectivity index (χ1n) is 5.88. The van der Waals surface area contributed by atoms with Crippen molar-refractivity contribution in [2.24, 2.45) is 10.7 Å². The van der Waals surface area contributed by atoms with Crippen LogP contribution in [0.25, 0.3) is 0 Å². The number of hydrogen-bond donors (Lipinski definition) is 2. The van der Waals surface area contributed by atoms with Crippen LogP contribution in [0.3, 0.4) is 0 Å². The molecule has 1 aliphatic heterocycles. The van der Waals surface area contributed by atoms with Gasteiger partial charge in [-0.05, 0) is 39.2 Å². The Labute approximate surface area is 96.3 Å². The Morgan fingerprint density at radius 2 is 2.47 bits per heavy atom. The summed E-state index contributed by atoms with van der Waals surface area (Å²) in [7, 11) is 0. The summed E-state index contributed by atoms with van der Waals surface area (Å²) in [5.41, 5.74) is 6.09. The van der Waals surface area contributed by atoms with Gasteiger partial charge in [0.1, 0.15) is 0 Å². The number of aliphatic imine (C=N–C) groups is 1. The fourth-order valence-electron chi connectivity index (χ4n) is 2.54. The van der Waals surface area contributed by atoms with E-state index in [1.807, 2.05) is 0 Å². The molecule has 0 amide bonds. The van der Waals surface area contributed by atoms with E-state index < -0.39 is 0 Å². The maximum absolute atomic E-state index is 5.78. The molecule has 4 heteroatoms. The molecule has 15 heavy (non-hydrogen) atoms. The molecular formula is C11H21N3S. The molecule has 0 radical (unpaired) electrons. The second-order valence-electron chi connectivity index (χ2n) is 4.92. The highest BCUT2D eigenvalue weighted by Gasteiger charge is 2.40. The number of fused-ring (bicyclic) bond motifs is 1. The molecule has 0 aromatic carbocycles. The van der Waals surface area contributed by atoms with E-state index in [4.69, 9.17) is 5.73 Å². The third-order valence-electron chi connectivity index (χ3n) is 3.44. The van der Waals surface area contributed by atoms with Crippen molar-refractivity contribution in [1.29, 1.82) is 0 Å². The Morgan fingerprint density at radius 1 is 1.67 bits per heavy atom. The van der Waals surface area contributed by atoms with Crippen LogP contribution in [0.4, 0.5) is 0 Å². The lowest BCUT2D eigenvalue weighted by Gasteiger charge is -2.39. The first kappa shape index (κ1) is 11.3. The smallest absolute Gasteiger partial charge is 0.154 e. The number of nitrogens with zero attached hydrogens (tertiary/aromatic N) is 1. The van der Waals surface area contributed by atoms with Crippen molar-refractivity contribution < 1.29 is 0 Å². The van der Waals surface area contributed by atoms with Crippen molar-refractivity contribution in [3.63, 3.8) is 0 Å². The maximum atomic E-state index is 5.78. The summed E-state index contributed by atoms with van der Waals surface area (Å²) in [6, 6.07) is 0.492. The van der Waals surface area contributed by atoms with Gasteiger partial charge in [-0.2, -0.15) is 0 Å². The monoisotopic (exact) mass is 227 g/mol. The van der Waals surface area contributed by atoms with Crippen molar-refractivity contribution in [1.82, 2.24) is 5.32 Å². The molecule has 3 N–H and O–H groups in total. The fraction of sp³-hybridized carbons (Fsp3) is 0.909. The van der Waals surface area contributed by atoms with Crippen LogP contribution in [0, 0.1) is 0 Å². The summed E-state index contributed by atoms with van der Waals surface area (Å²) < 4.78 is 0. The summed E-state index contributed by atoms with van der Waals surface area (Å²) in [6.45, 7) is 5.68. The topological polar surface area (TPSA) is 50.4 Å². The summed E-state index contributed by atoms with van der Waals surface area (Å²) in [5.74, 6) is 0. The Kier molecular flexibility index (Phi) is 3.26. The summed E-state index contributed by atoms with van der Waals surface area (Å²) in [6.07, 6.45) is 4.82. The molecule has 1 aliphatic carbocycles. The maximum Gasteiger partial charge on any atom is 0.154 e. The van der Waals surface area contributed by atoms with Gasteiger partial charge in [0.15, 0.2) is 5.17 Å². The minimum absolute atomic E-state index is 0.310. The van der Waals surface area contributed by atoms with Gasteiger partial charge in [-0.25, -0.2) is 0 Å². The first-order valence-corrected chi connectivity index (χ1v) is 6.76. The van der Waals surface area contributed by atoms with E-state index in [0.29, 0.717) is 16.8 Å². The summed E-state index contributed by atoms with van der Waals surface area (Å²) in [5, 5.41) is 5.08. The van der Waals surface area contributed by atoms with Crippen molar-refractivity contribution in [3.8, 4) is 0 Å². The van der Waals surface area contributed by atoms with Gasteiger partial charge in [0.05, 0.1) is 6.04 Å². The number of nitrogens with one attached hydrogen (secondary N) is 1. The molecule has 1 heterocycles.